The van der Waals surface area contributed by atoms with Crippen LogP contribution in [0.2, 0.25) is 0 Å². The minimum Gasteiger partial charge on any atom is -0.465 e. The number of esters is 1. The SMILES string of the molecule is CCOC(=O)[C@H]1C(C)=C(CN2CCCCC2)N[C@H]1C. The van der Waals surface area contributed by atoms with Gasteiger partial charge in [0.2, 0.25) is 0 Å². The van der Waals surface area contributed by atoms with Crippen molar-refractivity contribution in [2.45, 2.75) is 46.1 Å². The highest BCUT2D eigenvalue weighted by atomic mass is 16.5. The number of piperidine rings is 1. The van der Waals surface area contributed by atoms with E-state index in [4.69, 9.17) is 4.74 Å². The van der Waals surface area contributed by atoms with Gasteiger partial charge >= 0.3 is 5.97 Å². The van der Waals surface area contributed by atoms with Gasteiger partial charge in [-0.3, -0.25) is 9.69 Å². The van der Waals surface area contributed by atoms with Gasteiger partial charge in [-0.1, -0.05) is 6.42 Å². The van der Waals surface area contributed by atoms with Crippen molar-refractivity contribution in [3.63, 3.8) is 0 Å². The molecular weight excluding hydrogens is 240 g/mol. The number of ether oxygens (including phenoxy) is 1. The summed E-state index contributed by atoms with van der Waals surface area (Å²) in [4.78, 5) is 14.5. The smallest absolute Gasteiger partial charge is 0.315 e. The standard InChI is InChI=1S/C15H26N2O2/c1-4-19-15(18)14-11(2)13(16-12(14)3)10-17-8-6-5-7-9-17/h12,14,16H,4-10H2,1-3H3/t12-,14-/m0/s1. The summed E-state index contributed by atoms with van der Waals surface area (Å²) in [6.45, 7) is 9.75. The van der Waals surface area contributed by atoms with E-state index in [1.54, 1.807) is 0 Å². The van der Waals surface area contributed by atoms with Crippen LogP contribution < -0.4 is 5.32 Å². The Kier molecular flexibility index (Phi) is 4.86. The van der Waals surface area contributed by atoms with Crippen LogP contribution in [0.4, 0.5) is 0 Å². The molecule has 4 nitrogen and oxygen atoms in total. The molecule has 1 N–H and O–H groups in total. The number of hydrogen-bond donors (Lipinski definition) is 1. The molecule has 0 aromatic rings. The molecule has 0 aromatic carbocycles. The summed E-state index contributed by atoms with van der Waals surface area (Å²) in [5, 5.41) is 3.48. The number of likely N-dealkylation sites (tertiary alicyclic amines) is 1. The first-order chi connectivity index (χ1) is 9.13. The molecule has 4 heteroatoms. The minimum atomic E-state index is -0.111. The predicted molar refractivity (Wildman–Crippen MR) is 75.7 cm³/mol. The number of carbonyl (C=O) groups is 1. The molecule has 1 fully saturated rings. The van der Waals surface area contributed by atoms with Crippen LogP contribution in [0.25, 0.3) is 0 Å². The maximum Gasteiger partial charge on any atom is 0.315 e. The molecule has 108 valence electrons. The van der Waals surface area contributed by atoms with Gasteiger partial charge in [0.05, 0.1) is 12.5 Å². The first-order valence-electron chi connectivity index (χ1n) is 7.48. The highest BCUT2D eigenvalue weighted by molar-refractivity contribution is 5.77. The van der Waals surface area contributed by atoms with E-state index in [1.165, 1.54) is 38.0 Å². The summed E-state index contributed by atoms with van der Waals surface area (Å²) in [5.74, 6) is -0.201. The Morgan fingerprint density at radius 1 is 1.37 bits per heavy atom. The molecule has 0 bridgehead atoms. The highest BCUT2D eigenvalue weighted by Crippen LogP contribution is 2.27. The molecule has 0 spiro atoms. The van der Waals surface area contributed by atoms with Crippen LogP contribution in [0, 0.1) is 5.92 Å². The van der Waals surface area contributed by atoms with Crippen molar-refractivity contribution in [2.75, 3.05) is 26.2 Å². The molecule has 2 aliphatic rings. The number of carbonyl (C=O) groups excluding carboxylic acids is 1. The molecule has 0 saturated carbocycles. The van der Waals surface area contributed by atoms with Gasteiger partial charge in [0.25, 0.3) is 0 Å². The monoisotopic (exact) mass is 266 g/mol. The topological polar surface area (TPSA) is 41.6 Å². The molecule has 0 unspecified atom stereocenters. The van der Waals surface area contributed by atoms with Crippen LogP contribution in [-0.4, -0.2) is 43.2 Å². The van der Waals surface area contributed by atoms with Crippen LogP contribution in [0.3, 0.4) is 0 Å². The second-order valence-corrected chi connectivity index (χ2v) is 5.66. The van der Waals surface area contributed by atoms with Crippen molar-refractivity contribution in [3.8, 4) is 0 Å². The largest absolute Gasteiger partial charge is 0.465 e. The molecule has 2 aliphatic heterocycles. The third kappa shape index (κ3) is 3.30. The summed E-state index contributed by atoms with van der Waals surface area (Å²) in [6, 6.07) is 0.152. The molecule has 2 rings (SSSR count). The number of hydrogen-bond acceptors (Lipinski definition) is 4. The fourth-order valence-corrected chi connectivity index (χ4v) is 3.16. The number of rotatable bonds is 4. The van der Waals surface area contributed by atoms with E-state index in [0.717, 1.165) is 12.1 Å². The molecule has 2 heterocycles. The van der Waals surface area contributed by atoms with Gasteiger partial charge in [-0.05, 0) is 52.3 Å². The Morgan fingerprint density at radius 3 is 2.68 bits per heavy atom. The van der Waals surface area contributed by atoms with E-state index in [2.05, 4.69) is 24.1 Å². The summed E-state index contributed by atoms with van der Waals surface area (Å²) in [5.41, 5.74) is 2.39. The van der Waals surface area contributed by atoms with Gasteiger partial charge in [0.15, 0.2) is 0 Å². The molecular formula is C15H26N2O2. The second kappa shape index (κ2) is 6.42. The lowest BCUT2D eigenvalue weighted by molar-refractivity contribution is -0.147. The quantitative estimate of drug-likeness (QED) is 0.789. The van der Waals surface area contributed by atoms with Crippen molar-refractivity contribution in [3.05, 3.63) is 11.3 Å². The molecule has 2 atom stereocenters. The van der Waals surface area contributed by atoms with Gasteiger partial charge in [-0.15, -0.1) is 0 Å². The molecule has 0 aromatic heterocycles. The van der Waals surface area contributed by atoms with Gasteiger partial charge in [-0.2, -0.15) is 0 Å². The van der Waals surface area contributed by atoms with E-state index in [0.29, 0.717) is 6.61 Å². The highest BCUT2D eigenvalue weighted by Gasteiger charge is 2.35. The second-order valence-electron chi connectivity index (χ2n) is 5.66. The zero-order valence-electron chi connectivity index (χ0n) is 12.4. The molecule has 0 amide bonds. The van der Waals surface area contributed by atoms with Crippen molar-refractivity contribution in [2.24, 2.45) is 5.92 Å². The van der Waals surface area contributed by atoms with Crippen LogP contribution in [-0.2, 0) is 9.53 Å². The first kappa shape index (κ1) is 14.4. The van der Waals surface area contributed by atoms with Gasteiger partial charge in [0.1, 0.15) is 0 Å². The Hall–Kier alpha value is -1.03. The third-order valence-corrected chi connectivity index (χ3v) is 4.22. The minimum absolute atomic E-state index is 0.0892. The zero-order valence-corrected chi connectivity index (χ0v) is 12.4. The first-order valence-corrected chi connectivity index (χ1v) is 7.48. The zero-order chi connectivity index (χ0) is 13.8. The lowest BCUT2D eigenvalue weighted by atomic mass is 9.96. The number of nitrogens with zero attached hydrogens (tertiary/aromatic N) is 1. The molecule has 0 radical (unpaired) electrons. The Morgan fingerprint density at radius 2 is 2.05 bits per heavy atom. The van der Waals surface area contributed by atoms with Crippen molar-refractivity contribution in [1.29, 1.82) is 0 Å². The molecule has 0 aliphatic carbocycles. The predicted octanol–water partition coefficient (Wildman–Crippen LogP) is 1.92. The van der Waals surface area contributed by atoms with Crippen molar-refractivity contribution in [1.82, 2.24) is 10.2 Å². The summed E-state index contributed by atoms with van der Waals surface area (Å²) in [7, 11) is 0. The van der Waals surface area contributed by atoms with Crippen LogP contribution >= 0.6 is 0 Å². The van der Waals surface area contributed by atoms with Crippen LogP contribution in [0.1, 0.15) is 40.0 Å². The van der Waals surface area contributed by atoms with E-state index < -0.39 is 0 Å². The molecule has 1 saturated heterocycles. The summed E-state index contributed by atoms with van der Waals surface area (Å²) >= 11 is 0. The van der Waals surface area contributed by atoms with E-state index >= 15 is 0 Å². The van der Waals surface area contributed by atoms with Gasteiger partial charge in [0, 0.05) is 18.3 Å². The van der Waals surface area contributed by atoms with E-state index in [9.17, 15) is 4.79 Å². The fraction of sp³-hybridized carbons (Fsp3) is 0.800. The Labute approximate surface area is 116 Å². The number of nitrogens with one attached hydrogen (secondary N) is 1. The maximum absolute atomic E-state index is 12.0. The lowest BCUT2D eigenvalue weighted by Gasteiger charge is -2.27. The van der Waals surface area contributed by atoms with Gasteiger partial charge < -0.3 is 10.1 Å². The van der Waals surface area contributed by atoms with Crippen molar-refractivity contribution < 1.29 is 9.53 Å². The average molecular weight is 266 g/mol. The van der Waals surface area contributed by atoms with Crippen molar-refractivity contribution >= 4 is 5.97 Å². The maximum atomic E-state index is 12.0. The summed E-state index contributed by atoms with van der Waals surface area (Å²) < 4.78 is 5.18. The van der Waals surface area contributed by atoms with E-state index in [1.807, 2.05) is 6.92 Å². The van der Waals surface area contributed by atoms with E-state index in [-0.39, 0.29) is 17.9 Å². The fourth-order valence-electron chi connectivity index (χ4n) is 3.16. The lowest BCUT2D eigenvalue weighted by Crippen LogP contribution is -2.36. The molecule has 19 heavy (non-hydrogen) atoms. The van der Waals surface area contributed by atoms with Crippen LogP contribution in [0.15, 0.2) is 11.3 Å². The van der Waals surface area contributed by atoms with Crippen LogP contribution in [0.5, 0.6) is 0 Å². The average Bonchev–Trinajstić information content (AvgIpc) is 2.66. The summed E-state index contributed by atoms with van der Waals surface area (Å²) in [6.07, 6.45) is 3.94. The third-order valence-electron chi connectivity index (χ3n) is 4.22. The normalized spacial score (nSPS) is 28.4. The Bertz CT molecular complexity index is 359. The van der Waals surface area contributed by atoms with Gasteiger partial charge in [-0.25, -0.2) is 0 Å². The Balaban J connectivity index is 2.01.